The number of carbonyl (C=O) groups excluding carboxylic acids is 1. The molecule has 0 saturated heterocycles. The molecule has 0 unspecified atom stereocenters. The third-order valence-corrected chi connectivity index (χ3v) is 3.84. The Morgan fingerprint density at radius 1 is 1.35 bits per heavy atom. The number of fused-ring (bicyclic) bond motifs is 1. The summed E-state index contributed by atoms with van der Waals surface area (Å²) in [5.74, 6) is 0.451. The average Bonchev–Trinajstić information content (AvgIpc) is 2.68. The lowest BCUT2D eigenvalue weighted by molar-refractivity contribution is 0.0979. The van der Waals surface area contributed by atoms with Crippen LogP contribution in [-0.4, -0.2) is 5.78 Å². The molecule has 1 aromatic heterocycles. The molecule has 0 aliphatic heterocycles. The van der Waals surface area contributed by atoms with E-state index in [0.29, 0.717) is 12.3 Å². The van der Waals surface area contributed by atoms with E-state index in [1.165, 1.54) is 23.5 Å². The molecule has 0 fully saturated rings. The zero-order valence-corrected chi connectivity index (χ0v) is 10.8. The number of Topliss-reactive ketones (excluding diaryl/α,β-unsaturated/α-hetero) is 1. The van der Waals surface area contributed by atoms with Crippen molar-refractivity contribution >= 4 is 27.2 Å². The smallest absolute Gasteiger partial charge is 0.172 e. The van der Waals surface area contributed by atoms with Crippen LogP contribution in [0.4, 0.5) is 4.39 Å². The molecule has 17 heavy (non-hydrogen) atoms. The van der Waals surface area contributed by atoms with Crippen LogP contribution in [0.3, 0.4) is 0 Å². The van der Waals surface area contributed by atoms with Crippen molar-refractivity contribution in [2.75, 3.05) is 0 Å². The Kier molecular flexibility index (Phi) is 3.57. The molecule has 3 heteroatoms. The van der Waals surface area contributed by atoms with Gasteiger partial charge in [0.25, 0.3) is 0 Å². The van der Waals surface area contributed by atoms with Gasteiger partial charge in [0.1, 0.15) is 5.82 Å². The monoisotopic (exact) mass is 250 g/mol. The van der Waals surface area contributed by atoms with Crippen LogP contribution in [0.2, 0.25) is 0 Å². The van der Waals surface area contributed by atoms with Crippen molar-refractivity contribution in [3.8, 4) is 0 Å². The predicted molar refractivity (Wildman–Crippen MR) is 70.2 cm³/mol. The minimum Gasteiger partial charge on any atom is -0.293 e. The lowest BCUT2D eigenvalue weighted by Gasteiger charge is -2.01. The first-order valence-electron chi connectivity index (χ1n) is 5.78. The first-order chi connectivity index (χ1) is 8.06. The topological polar surface area (TPSA) is 17.1 Å². The Labute approximate surface area is 104 Å². The highest BCUT2D eigenvalue weighted by Crippen LogP contribution is 2.27. The maximum absolute atomic E-state index is 13.0. The Morgan fingerprint density at radius 2 is 2.12 bits per heavy atom. The number of ketones is 1. The molecular formula is C14H15FOS. The van der Waals surface area contributed by atoms with Crippen LogP contribution >= 0.6 is 11.3 Å². The molecular weight excluding hydrogens is 235 g/mol. The molecule has 2 aromatic rings. The highest BCUT2D eigenvalue weighted by Gasteiger charge is 2.11. The second kappa shape index (κ2) is 4.96. The van der Waals surface area contributed by atoms with E-state index in [1.807, 2.05) is 6.07 Å². The van der Waals surface area contributed by atoms with Crippen LogP contribution in [0, 0.1) is 11.7 Å². The zero-order valence-electron chi connectivity index (χ0n) is 10.00. The van der Waals surface area contributed by atoms with Gasteiger partial charge in [-0.3, -0.25) is 4.79 Å². The Balaban J connectivity index is 2.21. The van der Waals surface area contributed by atoms with Gasteiger partial charge < -0.3 is 0 Å². The van der Waals surface area contributed by atoms with E-state index >= 15 is 0 Å². The summed E-state index contributed by atoms with van der Waals surface area (Å²) >= 11 is 1.38. The number of halogens is 1. The SMILES string of the molecule is CC(C)CCC(=O)c1cc2ccc(F)cc2s1. The van der Waals surface area contributed by atoms with Gasteiger partial charge >= 0.3 is 0 Å². The van der Waals surface area contributed by atoms with Gasteiger partial charge in [0, 0.05) is 11.1 Å². The molecule has 0 bridgehead atoms. The van der Waals surface area contributed by atoms with Gasteiger partial charge in [-0.05, 0) is 35.9 Å². The van der Waals surface area contributed by atoms with Crippen molar-refractivity contribution < 1.29 is 9.18 Å². The summed E-state index contributed by atoms with van der Waals surface area (Å²) in [5, 5.41) is 0.948. The third kappa shape index (κ3) is 2.91. The van der Waals surface area contributed by atoms with Gasteiger partial charge in [-0.2, -0.15) is 0 Å². The highest BCUT2D eigenvalue weighted by atomic mass is 32.1. The van der Waals surface area contributed by atoms with Crippen molar-refractivity contribution in [2.24, 2.45) is 5.92 Å². The predicted octanol–water partition coefficient (Wildman–Crippen LogP) is 4.66. The van der Waals surface area contributed by atoms with E-state index in [1.54, 1.807) is 6.07 Å². The van der Waals surface area contributed by atoms with E-state index in [9.17, 15) is 9.18 Å². The summed E-state index contributed by atoms with van der Waals surface area (Å²) in [6, 6.07) is 6.50. The quantitative estimate of drug-likeness (QED) is 0.721. The van der Waals surface area contributed by atoms with Gasteiger partial charge in [0.2, 0.25) is 0 Å². The van der Waals surface area contributed by atoms with Crippen molar-refractivity contribution in [3.05, 3.63) is 35.0 Å². The summed E-state index contributed by atoms with van der Waals surface area (Å²) < 4.78 is 13.9. The lowest BCUT2D eigenvalue weighted by Crippen LogP contribution is -1.98. The molecule has 0 atom stereocenters. The third-order valence-electron chi connectivity index (χ3n) is 2.71. The molecule has 0 radical (unpaired) electrons. The molecule has 0 aliphatic rings. The number of thiophene rings is 1. The number of benzene rings is 1. The summed E-state index contributed by atoms with van der Waals surface area (Å²) in [5.41, 5.74) is 0. The van der Waals surface area contributed by atoms with Gasteiger partial charge in [0.15, 0.2) is 5.78 Å². The Morgan fingerprint density at radius 3 is 2.82 bits per heavy atom. The first-order valence-corrected chi connectivity index (χ1v) is 6.60. The fourth-order valence-electron chi connectivity index (χ4n) is 1.69. The molecule has 0 amide bonds. The van der Waals surface area contributed by atoms with Crippen LogP contribution in [0.5, 0.6) is 0 Å². The summed E-state index contributed by atoms with van der Waals surface area (Å²) in [4.78, 5) is 12.7. The maximum Gasteiger partial charge on any atom is 0.172 e. The molecule has 0 aliphatic carbocycles. The molecule has 0 saturated carbocycles. The summed E-state index contributed by atoms with van der Waals surface area (Å²) in [6.07, 6.45) is 1.48. The lowest BCUT2D eigenvalue weighted by atomic mass is 10.1. The van der Waals surface area contributed by atoms with E-state index in [4.69, 9.17) is 0 Å². The molecule has 1 heterocycles. The van der Waals surface area contributed by atoms with Crippen molar-refractivity contribution in [3.63, 3.8) is 0 Å². The van der Waals surface area contributed by atoms with Gasteiger partial charge in [-0.15, -0.1) is 11.3 Å². The van der Waals surface area contributed by atoms with E-state index < -0.39 is 0 Å². The normalized spacial score (nSPS) is 11.3. The number of rotatable bonds is 4. The van der Waals surface area contributed by atoms with Crippen molar-refractivity contribution in [1.29, 1.82) is 0 Å². The number of hydrogen-bond acceptors (Lipinski definition) is 2. The van der Waals surface area contributed by atoms with E-state index in [0.717, 1.165) is 21.4 Å². The van der Waals surface area contributed by atoms with Crippen molar-refractivity contribution in [1.82, 2.24) is 0 Å². The average molecular weight is 250 g/mol. The minimum absolute atomic E-state index is 0.167. The Hall–Kier alpha value is -1.22. The first kappa shape index (κ1) is 12.2. The number of hydrogen-bond donors (Lipinski definition) is 0. The summed E-state index contributed by atoms with van der Waals surface area (Å²) in [7, 11) is 0. The van der Waals surface area contributed by atoms with Gasteiger partial charge in [-0.25, -0.2) is 4.39 Å². The number of carbonyl (C=O) groups is 1. The zero-order chi connectivity index (χ0) is 12.4. The fraction of sp³-hybridized carbons (Fsp3) is 0.357. The second-order valence-corrected chi connectivity index (χ2v) is 5.73. The largest absolute Gasteiger partial charge is 0.293 e. The standard InChI is InChI=1S/C14H15FOS/c1-9(2)3-6-12(16)14-7-10-4-5-11(15)8-13(10)17-14/h4-5,7-9H,3,6H2,1-2H3. The molecule has 1 aromatic carbocycles. The molecule has 1 nitrogen and oxygen atoms in total. The molecule has 2 rings (SSSR count). The molecule has 90 valence electrons. The fourth-order valence-corrected chi connectivity index (χ4v) is 2.74. The van der Waals surface area contributed by atoms with E-state index in [-0.39, 0.29) is 11.6 Å². The maximum atomic E-state index is 13.0. The molecule has 0 N–H and O–H groups in total. The van der Waals surface area contributed by atoms with Crippen LogP contribution in [-0.2, 0) is 0 Å². The Bertz CT molecular complexity index is 542. The van der Waals surface area contributed by atoms with Crippen molar-refractivity contribution in [2.45, 2.75) is 26.7 Å². The van der Waals surface area contributed by atoms with Crippen LogP contribution in [0.15, 0.2) is 24.3 Å². The van der Waals surface area contributed by atoms with Crippen LogP contribution < -0.4 is 0 Å². The van der Waals surface area contributed by atoms with E-state index in [2.05, 4.69) is 13.8 Å². The van der Waals surface area contributed by atoms with Crippen LogP contribution in [0.1, 0.15) is 36.4 Å². The summed E-state index contributed by atoms with van der Waals surface area (Å²) in [6.45, 7) is 4.21. The van der Waals surface area contributed by atoms with Gasteiger partial charge in [0.05, 0.1) is 4.88 Å². The highest BCUT2D eigenvalue weighted by molar-refractivity contribution is 7.20. The minimum atomic E-state index is -0.250. The second-order valence-electron chi connectivity index (χ2n) is 4.65. The molecule has 0 spiro atoms. The van der Waals surface area contributed by atoms with Gasteiger partial charge in [-0.1, -0.05) is 19.9 Å². The van der Waals surface area contributed by atoms with Crippen LogP contribution in [0.25, 0.3) is 10.1 Å².